The fourth-order valence-corrected chi connectivity index (χ4v) is 12.0. The van der Waals surface area contributed by atoms with E-state index in [4.69, 9.17) is 0 Å². The van der Waals surface area contributed by atoms with Gasteiger partial charge < -0.3 is 0 Å². The summed E-state index contributed by atoms with van der Waals surface area (Å²) < 4.78 is 0. The third-order valence-electron chi connectivity index (χ3n) is 13.9. The maximum absolute atomic E-state index is 2.61. The van der Waals surface area contributed by atoms with E-state index in [9.17, 15) is 0 Å². The molecule has 0 radical (unpaired) electrons. The smallest absolute Gasteiger partial charge is 0.0275 e. The molecule has 0 aliphatic heterocycles. The topological polar surface area (TPSA) is 0 Å². The van der Waals surface area contributed by atoms with Crippen molar-refractivity contribution in [3.63, 3.8) is 0 Å². The highest BCUT2D eigenvalue weighted by atomic mass is 14.6. The van der Waals surface area contributed by atoms with Crippen molar-refractivity contribution in [3.8, 4) is 33.4 Å². The number of hydrogen-bond acceptors (Lipinski definition) is 0. The standard InChI is InChI=1S/C52H44/c1-3-33-27-34-26-32(2)52(39(28-33)29-34)47-23-13-12-22-45(47)50-46(31-37-16-6-7-17-40(37)51(50)52)49-43-20-10-8-18-41(43)48(42-19-9-11-21-44(42)49)38-25-24-35-14-4-5-15-36(35)30-38/h4-25,30-34,39H,3,26-29H2,1-2H3. The molecule has 0 heterocycles. The van der Waals surface area contributed by atoms with Crippen LogP contribution in [0.2, 0.25) is 0 Å². The molecule has 0 saturated heterocycles. The molecule has 0 aromatic heterocycles. The van der Waals surface area contributed by atoms with E-state index >= 15 is 0 Å². The van der Waals surface area contributed by atoms with Crippen molar-refractivity contribution >= 4 is 43.1 Å². The third kappa shape index (κ3) is 4.10. The van der Waals surface area contributed by atoms with Crippen LogP contribution in [-0.4, -0.2) is 0 Å². The van der Waals surface area contributed by atoms with Gasteiger partial charge in [-0.15, -0.1) is 0 Å². The number of rotatable bonds is 3. The van der Waals surface area contributed by atoms with E-state index < -0.39 is 0 Å². The Bertz CT molecular complexity index is 2670. The molecular weight excluding hydrogens is 625 g/mol. The van der Waals surface area contributed by atoms with Crippen LogP contribution in [-0.2, 0) is 5.41 Å². The van der Waals surface area contributed by atoms with Crippen LogP contribution in [0.1, 0.15) is 57.1 Å². The van der Waals surface area contributed by atoms with Crippen molar-refractivity contribution in [3.05, 3.63) is 157 Å². The molecule has 8 aromatic carbocycles. The van der Waals surface area contributed by atoms with Crippen LogP contribution >= 0.6 is 0 Å². The minimum atomic E-state index is 0.0164. The highest BCUT2D eigenvalue weighted by Gasteiger charge is 2.57. The Kier molecular flexibility index (Phi) is 6.67. The molecule has 2 fully saturated rings. The van der Waals surface area contributed by atoms with Gasteiger partial charge in [-0.1, -0.05) is 154 Å². The number of fused-ring (bicyclic) bond motifs is 13. The summed E-state index contributed by atoms with van der Waals surface area (Å²) in [6.07, 6.45) is 6.75. The zero-order valence-electron chi connectivity index (χ0n) is 30.2. The predicted octanol–water partition coefficient (Wildman–Crippen LogP) is 14.4. The SMILES string of the molecule is CCC1CC2CC(C)C3(c4ccccc4-c4c(-c5c6ccccc6c(-c6ccc7ccccc7c6)c6ccccc56)cc5ccccc5c43)C(C1)C2. The van der Waals surface area contributed by atoms with Crippen LogP contribution in [0.25, 0.3) is 76.5 Å². The van der Waals surface area contributed by atoms with E-state index in [2.05, 4.69) is 159 Å². The van der Waals surface area contributed by atoms with Crippen molar-refractivity contribution in [2.24, 2.45) is 23.7 Å². The molecule has 3 aliphatic rings. The first-order valence-corrected chi connectivity index (χ1v) is 19.7. The maximum atomic E-state index is 2.61. The maximum Gasteiger partial charge on any atom is 0.0275 e. The molecule has 0 nitrogen and oxygen atoms in total. The fraction of sp³-hybridized carbons (Fsp3) is 0.231. The Morgan fingerprint density at radius 1 is 0.500 bits per heavy atom. The van der Waals surface area contributed by atoms with Gasteiger partial charge in [-0.05, 0) is 149 Å². The van der Waals surface area contributed by atoms with Crippen molar-refractivity contribution in [1.29, 1.82) is 0 Å². The summed E-state index contributed by atoms with van der Waals surface area (Å²) in [5, 5.41) is 10.7. The molecule has 252 valence electrons. The molecule has 52 heavy (non-hydrogen) atoms. The summed E-state index contributed by atoms with van der Waals surface area (Å²) in [5.41, 5.74) is 11.6. The van der Waals surface area contributed by atoms with Gasteiger partial charge in [0.15, 0.2) is 0 Å². The van der Waals surface area contributed by atoms with Crippen LogP contribution in [0.5, 0.6) is 0 Å². The number of hydrogen-bond donors (Lipinski definition) is 0. The summed E-state index contributed by atoms with van der Waals surface area (Å²) in [7, 11) is 0. The van der Waals surface area contributed by atoms with E-state index in [1.165, 1.54) is 109 Å². The van der Waals surface area contributed by atoms with E-state index in [0.29, 0.717) is 11.8 Å². The summed E-state index contributed by atoms with van der Waals surface area (Å²) >= 11 is 0. The van der Waals surface area contributed by atoms with Gasteiger partial charge in [-0.2, -0.15) is 0 Å². The lowest BCUT2D eigenvalue weighted by Crippen LogP contribution is -2.49. The second-order valence-electron chi connectivity index (χ2n) is 16.4. The summed E-state index contributed by atoms with van der Waals surface area (Å²) in [6, 6.07) is 55.8. The second-order valence-corrected chi connectivity index (χ2v) is 16.4. The molecule has 0 amide bonds. The molecule has 0 N–H and O–H groups in total. The quantitative estimate of drug-likeness (QED) is 0.164. The van der Waals surface area contributed by atoms with Crippen molar-refractivity contribution < 1.29 is 0 Å². The minimum absolute atomic E-state index is 0.0164. The monoisotopic (exact) mass is 668 g/mol. The predicted molar refractivity (Wildman–Crippen MR) is 222 cm³/mol. The molecule has 5 atom stereocenters. The lowest BCUT2D eigenvalue weighted by molar-refractivity contribution is 0.0375. The van der Waals surface area contributed by atoms with E-state index in [-0.39, 0.29) is 5.41 Å². The summed E-state index contributed by atoms with van der Waals surface area (Å²) in [6.45, 7) is 5.05. The molecule has 2 saturated carbocycles. The van der Waals surface area contributed by atoms with Gasteiger partial charge in [0.25, 0.3) is 0 Å². The van der Waals surface area contributed by atoms with Crippen LogP contribution in [0, 0.1) is 23.7 Å². The van der Waals surface area contributed by atoms with Crippen molar-refractivity contribution in [2.45, 2.75) is 51.4 Å². The average Bonchev–Trinajstić information content (AvgIpc) is 3.51. The molecule has 8 aromatic rings. The Hall–Kier alpha value is -5.20. The van der Waals surface area contributed by atoms with Gasteiger partial charge >= 0.3 is 0 Å². The van der Waals surface area contributed by atoms with E-state index in [1.54, 1.807) is 11.1 Å². The minimum Gasteiger partial charge on any atom is -0.0651 e. The van der Waals surface area contributed by atoms with E-state index in [1.807, 2.05) is 0 Å². The van der Waals surface area contributed by atoms with Gasteiger partial charge in [0.1, 0.15) is 0 Å². The van der Waals surface area contributed by atoms with Gasteiger partial charge in [0, 0.05) is 5.41 Å². The van der Waals surface area contributed by atoms with Crippen LogP contribution in [0.3, 0.4) is 0 Å². The second kappa shape index (κ2) is 11.4. The molecule has 1 spiro atoms. The molecule has 0 heteroatoms. The highest BCUT2D eigenvalue weighted by Crippen LogP contribution is 2.67. The number of benzene rings is 8. The van der Waals surface area contributed by atoms with E-state index in [0.717, 1.165) is 11.8 Å². The Morgan fingerprint density at radius 3 is 1.85 bits per heavy atom. The van der Waals surface area contributed by atoms with Gasteiger partial charge in [0.2, 0.25) is 0 Å². The summed E-state index contributed by atoms with van der Waals surface area (Å²) in [4.78, 5) is 0. The van der Waals surface area contributed by atoms with Gasteiger partial charge in [0.05, 0.1) is 0 Å². The van der Waals surface area contributed by atoms with Crippen molar-refractivity contribution in [1.82, 2.24) is 0 Å². The van der Waals surface area contributed by atoms with Crippen molar-refractivity contribution in [2.75, 3.05) is 0 Å². The Balaban J connectivity index is 1.28. The molecular formula is C52H44. The molecule has 11 rings (SSSR count). The Morgan fingerprint density at radius 2 is 1.12 bits per heavy atom. The largest absolute Gasteiger partial charge is 0.0651 e. The molecule has 5 unspecified atom stereocenters. The zero-order chi connectivity index (χ0) is 34.6. The first-order valence-electron chi connectivity index (χ1n) is 19.7. The lowest BCUT2D eigenvalue weighted by Gasteiger charge is -2.55. The average molecular weight is 669 g/mol. The van der Waals surface area contributed by atoms with Crippen LogP contribution in [0.15, 0.2) is 146 Å². The van der Waals surface area contributed by atoms with Gasteiger partial charge in [-0.25, -0.2) is 0 Å². The molecule has 3 aliphatic carbocycles. The van der Waals surface area contributed by atoms with Crippen LogP contribution in [0.4, 0.5) is 0 Å². The van der Waals surface area contributed by atoms with Gasteiger partial charge in [-0.3, -0.25) is 0 Å². The first kappa shape index (κ1) is 30.4. The molecule has 2 bridgehead atoms. The third-order valence-corrected chi connectivity index (χ3v) is 13.9. The van der Waals surface area contributed by atoms with Crippen LogP contribution < -0.4 is 0 Å². The normalized spacial score (nSPS) is 23.4. The lowest BCUT2D eigenvalue weighted by atomic mass is 9.49. The highest BCUT2D eigenvalue weighted by molar-refractivity contribution is 6.24. The summed E-state index contributed by atoms with van der Waals surface area (Å²) in [5.74, 6) is 2.92. The zero-order valence-corrected chi connectivity index (χ0v) is 30.2. The Labute approximate surface area is 307 Å². The fourth-order valence-electron chi connectivity index (χ4n) is 12.0. The first-order chi connectivity index (χ1) is 25.6.